The lowest BCUT2D eigenvalue weighted by Crippen LogP contribution is -2.48. The lowest BCUT2D eigenvalue weighted by Gasteiger charge is -2.27. The van der Waals surface area contributed by atoms with Gasteiger partial charge in [0.1, 0.15) is 5.75 Å². The van der Waals surface area contributed by atoms with E-state index in [1.165, 1.54) is 0 Å². The molecule has 1 heterocycles. The van der Waals surface area contributed by atoms with E-state index in [1.54, 1.807) is 55.6 Å². The standard InChI is InChI=1S/C19H21N3O3/c1-25-15-8-6-14(7-9-15)18(23)22-17-5-3-2-4-16(17)19(24)21-12-13-10-20-11-13/h2-9,13,20H,10-12H2,1H3,(H,21,24)(H,22,23). The molecule has 0 bridgehead atoms. The average Bonchev–Trinajstić information content (AvgIpc) is 2.60. The van der Waals surface area contributed by atoms with Crippen molar-refractivity contribution in [3.8, 4) is 5.75 Å². The van der Waals surface area contributed by atoms with Gasteiger partial charge in [0.05, 0.1) is 18.4 Å². The molecule has 1 aliphatic rings. The highest BCUT2D eigenvalue weighted by Gasteiger charge is 2.19. The Morgan fingerprint density at radius 1 is 1.08 bits per heavy atom. The number of rotatable bonds is 6. The third-order valence-electron chi connectivity index (χ3n) is 4.19. The smallest absolute Gasteiger partial charge is 0.255 e. The first-order chi connectivity index (χ1) is 12.2. The van der Waals surface area contributed by atoms with Gasteiger partial charge >= 0.3 is 0 Å². The summed E-state index contributed by atoms with van der Waals surface area (Å²) in [6.45, 7) is 2.48. The fourth-order valence-electron chi connectivity index (χ4n) is 2.55. The second-order valence-corrected chi connectivity index (χ2v) is 5.96. The summed E-state index contributed by atoms with van der Waals surface area (Å²) in [7, 11) is 1.57. The van der Waals surface area contributed by atoms with Crippen LogP contribution in [-0.2, 0) is 0 Å². The Balaban J connectivity index is 1.68. The van der Waals surface area contributed by atoms with E-state index < -0.39 is 0 Å². The van der Waals surface area contributed by atoms with Crippen molar-refractivity contribution < 1.29 is 14.3 Å². The van der Waals surface area contributed by atoms with E-state index in [2.05, 4.69) is 16.0 Å². The van der Waals surface area contributed by atoms with Crippen LogP contribution < -0.4 is 20.7 Å². The second kappa shape index (κ2) is 7.81. The van der Waals surface area contributed by atoms with Crippen LogP contribution in [0.1, 0.15) is 20.7 Å². The minimum Gasteiger partial charge on any atom is -0.497 e. The molecule has 130 valence electrons. The molecule has 1 fully saturated rings. The fraction of sp³-hybridized carbons (Fsp3) is 0.263. The molecular weight excluding hydrogens is 318 g/mol. The normalized spacial score (nSPS) is 13.6. The highest BCUT2D eigenvalue weighted by molar-refractivity contribution is 6.09. The van der Waals surface area contributed by atoms with Gasteiger partial charge in [-0.2, -0.15) is 0 Å². The van der Waals surface area contributed by atoms with E-state index in [9.17, 15) is 9.59 Å². The number of anilines is 1. The molecule has 6 heteroatoms. The Kier molecular flexibility index (Phi) is 5.30. The van der Waals surface area contributed by atoms with E-state index in [-0.39, 0.29) is 11.8 Å². The van der Waals surface area contributed by atoms with Crippen LogP contribution in [-0.4, -0.2) is 38.6 Å². The average molecular weight is 339 g/mol. The van der Waals surface area contributed by atoms with Crippen molar-refractivity contribution in [1.29, 1.82) is 0 Å². The number of hydrogen-bond acceptors (Lipinski definition) is 4. The molecule has 2 aromatic rings. The summed E-state index contributed by atoms with van der Waals surface area (Å²) in [6, 6.07) is 13.8. The number of carbonyl (C=O) groups excluding carboxylic acids is 2. The van der Waals surface area contributed by atoms with Gasteiger partial charge in [-0.05, 0) is 36.4 Å². The topological polar surface area (TPSA) is 79.5 Å². The molecule has 0 aromatic heterocycles. The zero-order valence-corrected chi connectivity index (χ0v) is 14.0. The minimum atomic E-state index is -0.272. The maximum absolute atomic E-state index is 12.4. The van der Waals surface area contributed by atoms with Crippen molar-refractivity contribution in [2.24, 2.45) is 5.92 Å². The largest absolute Gasteiger partial charge is 0.497 e. The van der Waals surface area contributed by atoms with Gasteiger partial charge in [0.15, 0.2) is 0 Å². The van der Waals surface area contributed by atoms with Gasteiger partial charge in [0.25, 0.3) is 11.8 Å². The third-order valence-corrected chi connectivity index (χ3v) is 4.19. The number of nitrogens with one attached hydrogen (secondary N) is 3. The summed E-state index contributed by atoms with van der Waals surface area (Å²) in [5.74, 6) is 0.704. The first-order valence-corrected chi connectivity index (χ1v) is 8.20. The Labute approximate surface area is 146 Å². The second-order valence-electron chi connectivity index (χ2n) is 5.96. The summed E-state index contributed by atoms with van der Waals surface area (Å²) in [5, 5.41) is 8.90. The molecule has 0 unspecified atom stereocenters. The van der Waals surface area contributed by atoms with Gasteiger partial charge in [-0.25, -0.2) is 0 Å². The van der Waals surface area contributed by atoms with Crippen LogP contribution in [0.5, 0.6) is 5.75 Å². The molecule has 0 saturated carbocycles. The fourth-order valence-corrected chi connectivity index (χ4v) is 2.55. The van der Waals surface area contributed by atoms with Crippen LogP contribution in [0.2, 0.25) is 0 Å². The van der Waals surface area contributed by atoms with Crippen molar-refractivity contribution in [3.63, 3.8) is 0 Å². The molecule has 3 rings (SSSR count). The van der Waals surface area contributed by atoms with E-state index in [1.807, 2.05) is 0 Å². The van der Waals surface area contributed by atoms with E-state index >= 15 is 0 Å². The Morgan fingerprint density at radius 2 is 1.80 bits per heavy atom. The number of methoxy groups -OCH3 is 1. The SMILES string of the molecule is COc1ccc(C(=O)Nc2ccccc2C(=O)NCC2CNC2)cc1. The Hall–Kier alpha value is -2.86. The predicted octanol–water partition coefficient (Wildman–Crippen LogP) is 1.90. The molecule has 1 saturated heterocycles. The number of amides is 2. The molecule has 1 aliphatic heterocycles. The van der Waals surface area contributed by atoms with Gasteiger partial charge < -0.3 is 20.7 Å². The zero-order valence-electron chi connectivity index (χ0n) is 14.0. The summed E-state index contributed by atoms with van der Waals surface area (Å²) in [5.41, 5.74) is 1.45. The Morgan fingerprint density at radius 3 is 2.44 bits per heavy atom. The molecule has 3 N–H and O–H groups in total. The molecule has 2 aromatic carbocycles. The van der Waals surface area contributed by atoms with Gasteiger partial charge in [0.2, 0.25) is 0 Å². The Bertz CT molecular complexity index is 755. The number of benzene rings is 2. The van der Waals surface area contributed by atoms with Crippen LogP contribution in [0.15, 0.2) is 48.5 Å². The van der Waals surface area contributed by atoms with Gasteiger partial charge in [0, 0.05) is 31.1 Å². The van der Waals surface area contributed by atoms with Crippen molar-refractivity contribution in [2.75, 3.05) is 32.1 Å². The molecule has 0 atom stereocenters. The molecule has 6 nitrogen and oxygen atoms in total. The summed E-state index contributed by atoms with van der Waals surface area (Å²) < 4.78 is 5.09. The van der Waals surface area contributed by atoms with E-state index in [4.69, 9.17) is 4.74 Å². The molecule has 0 aliphatic carbocycles. The zero-order chi connectivity index (χ0) is 17.6. The first-order valence-electron chi connectivity index (χ1n) is 8.20. The summed E-state index contributed by atoms with van der Waals surface area (Å²) in [4.78, 5) is 24.8. The molecule has 0 radical (unpaired) electrons. The monoisotopic (exact) mass is 339 g/mol. The van der Waals surface area contributed by atoms with Crippen LogP contribution in [0, 0.1) is 5.92 Å². The quantitative estimate of drug-likeness (QED) is 0.751. The van der Waals surface area contributed by atoms with Crippen molar-refractivity contribution >= 4 is 17.5 Å². The molecular formula is C19H21N3O3. The van der Waals surface area contributed by atoms with Gasteiger partial charge in [-0.3, -0.25) is 9.59 Å². The van der Waals surface area contributed by atoms with E-state index in [0.29, 0.717) is 35.0 Å². The third kappa shape index (κ3) is 4.16. The number of carbonyl (C=O) groups is 2. The maximum atomic E-state index is 12.4. The first kappa shape index (κ1) is 17.0. The van der Waals surface area contributed by atoms with Crippen LogP contribution >= 0.6 is 0 Å². The van der Waals surface area contributed by atoms with Crippen molar-refractivity contribution in [2.45, 2.75) is 0 Å². The van der Waals surface area contributed by atoms with Crippen LogP contribution in [0.3, 0.4) is 0 Å². The lowest BCUT2D eigenvalue weighted by molar-refractivity contribution is 0.0943. The summed E-state index contributed by atoms with van der Waals surface area (Å²) >= 11 is 0. The minimum absolute atomic E-state index is 0.183. The van der Waals surface area contributed by atoms with Crippen LogP contribution in [0.4, 0.5) is 5.69 Å². The summed E-state index contributed by atoms with van der Waals surface area (Å²) in [6.07, 6.45) is 0. The molecule has 25 heavy (non-hydrogen) atoms. The van der Waals surface area contributed by atoms with Crippen LogP contribution in [0.25, 0.3) is 0 Å². The van der Waals surface area contributed by atoms with E-state index in [0.717, 1.165) is 13.1 Å². The molecule has 0 spiro atoms. The van der Waals surface area contributed by atoms with Gasteiger partial charge in [-0.1, -0.05) is 12.1 Å². The van der Waals surface area contributed by atoms with Crippen molar-refractivity contribution in [3.05, 3.63) is 59.7 Å². The number of ether oxygens (including phenoxy) is 1. The maximum Gasteiger partial charge on any atom is 0.255 e. The predicted molar refractivity (Wildman–Crippen MR) is 96.1 cm³/mol. The lowest BCUT2D eigenvalue weighted by atomic mass is 10.0. The number of para-hydroxylation sites is 1. The molecule has 2 amide bonds. The van der Waals surface area contributed by atoms with Gasteiger partial charge in [-0.15, -0.1) is 0 Å². The number of hydrogen-bond donors (Lipinski definition) is 3. The highest BCUT2D eigenvalue weighted by atomic mass is 16.5. The van der Waals surface area contributed by atoms with Crippen molar-refractivity contribution in [1.82, 2.24) is 10.6 Å². The highest BCUT2D eigenvalue weighted by Crippen LogP contribution is 2.18.